The molecule has 0 aliphatic carbocycles. The van der Waals surface area contributed by atoms with E-state index < -0.39 is 0 Å². The first-order chi connectivity index (χ1) is 29.5. The summed E-state index contributed by atoms with van der Waals surface area (Å²) in [5.74, 6) is 1.84. The maximum absolute atomic E-state index is 5.22. The van der Waals surface area contributed by atoms with E-state index >= 15 is 0 Å². The minimum atomic E-state index is 0.606. The second-order valence-corrected chi connectivity index (χ2v) is 15.1. The lowest BCUT2D eigenvalue weighted by Gasteiger charge is -2.14. The number of rotatable bonds is 10. The number of benzene rings is 7. The topological polar surface area (TPSA) is 63.1 Å². The van der Waals surface area contributed by atoms with Crippen LogP contribution in [0.25, 0.3) is 90.1 Å². The van der Waals surface area contributed by atoms with Gasteiger partial charge < -0.3 is 5.32 Å². The van der Waals surface area contributed by atoms with E-state index in [0.717, 1.165) is 91.0 Å². The summed E-state index contributed by atoms with van der Waals surface area (Å²) in [6.45, 7) is 4.17. The van der Waals surface area contributed by atoms with Crippen molar-refractivity contribution in [2.24, 2.45) is 4.99 Å². The molecular formula is C55H45N5. The highest BCUT2D eigenvalue weighted by Gasteiger charge is 2.16. The second-order valence-electron chi connectivity index (χ2n) is 15.1. The molecular weight excluding hydrogens is 731 g/mol. The smallest absolute Gasteiger partial charge is 0.164 e. The van der Waals surface area contributed by atoms with Crippen LogP contribution in [0.1, 0.15) is 36.5 Å². The van der Waals surface area contributed by atoms with E-state index in [0.29, 0.717) is 17.5 Å². The van der Waals surface area contributed by atoms with E-state index in [4.69, 9.17) is 15.0 Å². The summed E-state index contributed by atoms with van der Waals surface area (Å²) in [5, 5.41) is 3.30. The molecule has 0 unspecified atom stereocenters. The molecule has 0 saturated heterocycles. The minimum Gasteiger partial charge on any atom is -0.388 e. The van der Waals surface area contributed by atoms with Crippen LogP contribution in [0.5, 0.6) is 0 Å². The van der Waals surface area contributed by atoms with Gasteiger partial charge in [-0.1, -0.05) is 169 Å². The van der Waals surface area contributed by atoms with Crippen LogP contribution in [0.4, 0.5) is 0 Å². The Balaban J connectivity index is 1.18. The summed E-state index contributed by atoms with van der Waals surface area (Å²) in [6.07, 6.45) is 8.31. The fourth-order valence-electron chi connectivity index (χ4n) is 7.77. The summed E-state index contributed by atoms with van der Waals surface area (Å²) >= 11 is 0. The van der Waals surface area contributed by atoms with Gasteiger partial charge >= 0.3 is 0 Å². The fourth-order valence-corrected chi connectivity index (χ4v) is 7.77. The number of nitrogens with one attached hydrogen (secondary N) is 1. The minimum absolute atomic E-state index is 0.606. The van der Waals surface area contributed by atoms with Crippen LogP contribution >= 0.6 is 0 Å². The highest BCUT2D eigenvalue weighted by Crippen LogP contribution is 2.35. The molecule has 0 fully saturated rings. The van der Waals surface area contributed by atoms with E-state index in [1.54, 1.807) is 0 Å². The Morgan fingerprint density at radius 1 is 0.450 bits per heavy atom. The van der Waals surface area contributed by atoms with Gasteiger partial charge in [0.1, 0.15) is 0 Å². The molecule has 9 rings (SSSR count). The Labute approximate surface area is 352 Å². The Morgan fingerprint density at radius 3 is 1.45 bits per heavy atom. The van der Waals surface area contributed by atoms with Crippen LogP contribution in [-0.4, -0.2) is 28.2 Å². The zero-order valence-corrected chi connectivity index (χ0v) is 34.1. The summed E-state index contributed by atoms with van der Waals surface area (Å²) in [4.78, 5) is 20.2. The van der Waals surface area contributed by atoms with Crippen molar-refractivity contribution in [1.82, 2.24) is 20.3 Å². The van der Waals surface area contributed by atoms with E-state index in [-0.39, 0.29) is 0 Å². The molecule has 1 aliphatic heterocycles. The fraction of sp³-hybridized carbons (Fsp3) is 0.0909. The number of allylic oxidation sites excluding steroid dienone is 2. The Bertz CT molecular complexity index is 2870. The zero-order chi connectivity index (χ0) is 40.8. The van der Waals surface area contributed by atoms with Gasteiger partial charge in [-0.2, -0.15) is 0 Å². The molecule has 5 nitrogen and oxygen atoms in total. The van der Waals surface area contributed by atoms with E-state index in [2.05, 4.69) is 193 Å². The molecule has 0 bridgehead atoms. The summed E-state index contributed by atoms with van der Waals surface area (Å²) in [5.41, 5.74) is 17.3. The molecule has 7 aromatic carbocycles. The lowest BCUT2D eigenvalue weighted by Crippen LogP contribution is -2.03. The van der Waals surface area contributed by atoms with Crippen LogP contribution < -0.4 is 5.32 Å². The molecule has 2 heterocycles. The van der Waals surface area contributed by atoms with Crippen molar-refractivity contribution in [1.29, 1.82) is 0 Å². The van der Waals surface area contributed by atoms with E-state index in [1.807, 2.05) is 26.3 Å². The Kier molecular flexibility index (Phi) is 10.9. The average Bonchev–Trinajstić information content (AvgIpc) is 3.32. The van der Waals surface area contributed by atoms with Crippen molar-refractivity contribution >= 4 is 17.6 Å². The van der Waals surface area contributed by atoms with Gasteiger partial charge in [-0.25, -0.2) is 15.0 Å². The van der Waals surface area contributed by atoms with Crippen LogP contribution in [0.3, 0.4) is 0 Å². The molecule has 0 saturated carbocycles. The van der Waals surface area contributed by atoms with E-state index in [9.17, 15) is 0 Å². The van der Waals surface area contributed by atoms with Crippen molar-refractivity contribution < 1.29 is 0 Å². The van der Waals surface area contributed by atoms with Crippen molar-refractivity contribution in [2.45, 2.75) is 26.7 Å². The molecule has 8 aromatic rings. The number of aliphatic imine (C=N–C) groups is 1. The lowest BCUT2D eigenvalue weighted by atomic mass is 9.94. The molecule has 5 heteroatoms. The third-order valence-electron chi connectivity index (χ3n) is 11.0. The molecule has 0 radical (unpaired) electrons. The van der Waals surface area contributed by atoms with Gasteiger partial charge in [0, 0.05) is 35.6 Å². The van der Waals surface area contributed by atoms with Crippen LogP contribution in [-0.2, 0) is 0 Å². The lowest BCUT2D eigenvalue weighted by molar-refractivity contribution is 1.07. The summed E-state index contributed by atoms with van der Waals surface area (Å²) in [6, 6.07) is 60.1. The first kappa shape index (κ1) is 38.0. The SMILES string of the molecule is C/C=C(\NC)c1ccc(-c2cc(-c3ccc(C4=CCCC=N4)cc3)cc(-c3nc(-c4ccc(-c5ccccc5)cc4)nc(-c4ccc(-c5cccc(C)c5)cc4)n3)c2)cc1. The van der Waals surface area contributed by atoms with Gasteiger partial charge in [0.25, 0.3) is 0 Å². The van der Waals surface area contributed by atoms with Crippen LogP contribution in [0.15, 0.2) is 187 Å². The maximum atomic E-state index is 5.22. The Morgan fingerprint density at radius 2 is 0.917 bits per heavy atom. The number of hydrogen-bond acceptors (Lipinski definition) is 5. The quantitative estimate of drug-likeness (QED) is 0.150. The predicted molar refractivity (Wildman–Crippen MR) is 251 cm³/mol. The molecule has 290 valence electrons. The highest BCUT2D eigenvalue weighted by atomic mass is 15.0. The van der Waals surface area contributed by atoms with Gasteiger partial charge in [0.05, 0.1) is 5.70 Å². The van der Waals surface area contributed by atoms with Crippen molar-refractivity contribution in [3.8, 4) is 78.7 Å². The van der Waals surface area contributed by atoms with Gasteiger partial charge in [-0.3, -0.25) is 4.99 Å². The van der Waals surface area contributed by atoms with Crippen molar-refractivity contribution in [3.05, 3.63) is 199 Å². The molecule has 0 atom stereocenters. The highest BCUT2D eigenvalue weighted by molar-refractivity contribution is 5.83. The maximum Gasteiger partial charge on any atom is 0.164 e. The normalized spacial score (nSPS) is 12.6. The molecule has 0 amide bonds. The number of nitrogens with zero attached hydrogens (tertiary/aromatic N) is 4. The predicted octanol–water partition coefficient (Wildman–Crippen LogP) is 13.6. The number of aromatic nitrogens is 3. The molecule has 1 aliphatic rings. The number of hydrogen-bond donors (Lipinski definition) is 1. The molecule has 1 aromatic heterocycles. The summed E-state index contributed by atoms with van der Waals surface area (Å²) in [7, 11) is 1.95. The zero-order valence-electron chi connectivity index (χ0n) is 34.1. The summed E-state index contributed by atoms with van der Waals surface area (Å²) < 4.78 is 0. The Hall–Kier alpha value is -7.50. The van der Waals surface area contributed by atoms with Crippen LogP contribution in [0.2, 0.25) is 0 Å². The van der Waals surface area contributed by atoms with Gasteiger partial charge in [-0.05, 0) is 101 Å². The van der Waals surface area contributed by atoms with Crippen molar-refractivity contribution in [3.63, 3.8) is 0 Å². The van der Waals surface area contributed by atoms with Gasteiger partial charge in [-0.15, -0.1) is 0 Å². The first-order valence-corrected chi connectivity index (χ1v) is 20.5. The van der Waals surface area contributed by atoms with Gasteiger partial charge in [0.15, 0.2) is 17.5 Å². The monoisotopic (exact) mass is 775 g/mol. The average molecular weight is 776 g/mol. The second kappa shape index (κ2) is 17.2. The standard InChI is InChI=1S/C55H45N5/c1-4-51(56-3)43-24-16-41(17-25-43)48-34-49(42-18-26-44(27-19-42)52-15-8-9-32-57-52)36-50(35-48)55-59-53(45-28-20-39(21-29-45)38-12-6-5-7-13-38)58-54(60-55)46-30-22-40(23-31-46)47-14-10-11-37(2)33-47/h4-7,10-36,56H,8-9H2,1-3H3/b51-4-. The van der Waals surface area contributed by atoms with E-state index in [1.165, 1.54) is 11.1 Å². The third kappa shape index (κ3) is 8.25. The molecule has 60 heavy (non-hydrogen) atoms. The molecule has 0 spiro atoms. The van der Waals surface area contributed by atoms with Gasteiger partial charge in [0.2, 0.25) is 0 Å². The van der Waals surface area contributed by atoms with Crippen molar-refractivity contribution in [2.75, 3.05) is 7.05 Å². The first-order valence-electron chi connectivity index (χ1n) is 20.5. The van der Waals surface area contributed by atoms with Crippen LogP contribution in [0, 0.1) is 6.92 Å². The largest absolute Gasteiger partial charge is 0.388 e. The number of aryl methyl sites for hydroxylation is 1. The third-order valence-corrected chi connectivity index (χ3v) is 11.0. The molecule has 1 N–H and O–H groups in total.